The van der Waals surface area contributed by atoms with Gasteiger partial charge in [-0.1, -0.05) is 35.9 Å². The summed E-state index contributed by atoms with van der Waals surface area (Å²) in [6.07, 6.45) is -4.18. The fourth-order valence-electron chi connectivity index (χ4n) is 3.21. The SMILES string of the molecule is Cc1ccc(C2CC(=O)N(CC(=O)NCCOc3cccc(C(F)(F)F)c3)CN2)cc1. The van der Waals surface area contributed by atoms with Crippen LogP contribution in [0.3, 0.4) is 0 Å². The summed E-state index contributed by atoms with van der Waals surface area (Å²) in [7, 11) is 0. The molecule has 1 aliphatic rings. The Morgan fingerprint density at radius 1 is 1.23 bits per heavy atom. The third-order valence-corrected chi connectivity index (χ3v) is 4.93. The molecule has 2 aromatic rings. The molecule has 31 heavy (non-hydrogen) atoms. The average Bonchev–Trinajstić information content (AvgIpc) is 2.73. The van der Waals surface area contributed by atoms with Crippen LogP contribution in [0.4, 0.5) is 13.2 Å². The van der Waals surface area contributed by atoms with E-state index in [0.717, 1.165) is 23.3 Å². The van der Waals surface area contributed by atoms with Gasteiger partial charge in [-0.05, 0) is 30.7 Å². The smallest absolute Gasteiger partial charge is 0.416 e. The molecule has 0 aromatic heterocycles. The molecule has 0 bridgehead atoms. The molecule has 0 saturated carbocycles. The first kappa shape index (κ1) is 22.6. The lowest BCUT2D eigenvalue weighted by molar-refractivity contribution is -0.139. The summed E-state index contributed by atoms with van der Waals surface area (Å²) in [6, 6.07) is 12.4. The highest BCUT2D eigenvalue weighted by Crippen LogP contribution is 2.31. The van der Waals surface area contributed by atoms with Crippen molar-refractivity contribution in [3.8, 4) is 5.75 Å². The molecule has 0 radical (unpaired) electrons. The van der Waals surface area contributed by atoms with Gasteiger partial charge in [0, 0.05) is 12.5 Å². The van der Waals surface area contributed by atoms with Crippen LogP contribution >= 0.6 is 0 Å². The maximum Gasteiger partial charge on any atom is 0.416 e. The molecule has 9 heteroatoms. The molecule has 1 unspecified atom stereocenters. The van der Waals surface area contributed by atoms with Gasteiger partial charge in [-0.3, -0.25) is 14.9 Å². The summed E-state index contributed by atoms with van der Waals surface area (Å²) in [6.45, 7) is 2.26. The number of nitrogens with one attached hydrogen (secondary N) is 2. The molecule has 3 rings (SSSR count). The van der Waals surface area contributed by atoms with Crippen molar-refractivity contribution in [1.29, 1.82) is 0 Å². The number of carbonyl (C=O) groups excluding carboxylic acids is 2. The second-order valence-corrected chi connectivity index (χ2v) is 7.35. The average molecular weight is 435 g/mol. The Hall–Kier alpha value is -3.07. The van der Waals surface area contributed by atoms with Crippen molar-refractivity contribution >= 4 is 11.8 Å². The Morgan fingerprint density at radius 2 is 1.97 bits per heavy atom. The number of benzene rings is 2. The zero-order valence-corrected chi connectivity index (χ0v) is 17.0. The number of rotatable bonds is 7. The largest absolute Gasteiger partial charge is 0.492 e. The van der Waals surface area contributed by atoms with Crippen molar-refractivity contribution in [2.75, 3.05) is 26.4 Å². The molecule has 166 valence electrons. The number of alkyl halides is 3. The van der Waals surface area contributed by atoms with Crippen molar-refractivity contribution in [2.24, 2.45) is 0 Å². The molecule has 1 aliphatic heterocycles. The molecule has 2 amide bonds. The predicted molar refractivity (Wildman–Crippen MR) is 108 cm³/mol. The Morgan fingerprint density at radius 3 is 2.65 bits per heavy atom. The maximum atomic E-state index is 12.7. The first-order valence-corrected chi connectivity index (χ1v) is 9.87. The first-order chi connectivity index (χ1) is 14.7. The van der Waals surface area contributed by atoms with E-state index in [1.807, 2.05) is 31.2 Å². The molecule has 0 spiro atoms. The molecule has 1 heterocycles. The van der Waals surface area contributed by atoms with Crippen LogP contribution in [0.2, 0.25) is 0 Å². The Balaban J connectivity index is 1.39. The first-order valence-electron chi connectivity index (χ1n) is 9.87. The summed E-state index contributed by atoms with van der Waals surface area (Å²) in [5.41, 5.74) is 1.37. The highest BCUT2D eigenvalue weighted by atomic mass is 19.4. The minimum atomic E-state index is -4.44. The number of nitrogens with zero attached hydrogens (tertiary/aromatic N) is 1. The number of ether oxygens (including phenoxy) is 1. The lowest BCUT2D eigenvalue weighted by atomic mass is 10.0. The van der Waals surface area contributed by atoms with Crippen molar-refractivity contribution in [3.63, 3.8) is 0 Å². The van der Waals surface area contributed by atoms with Crippen LogP contribution in [0.5, 0.6) is 5.75 Å². The van der Waals surface area contributed by atoms with Crippen LogP contribution in [0.1, 0.15) is 29.2 Å². The van der Waals surface area contributed by atoms with Crippen LogP contribution in [0, 0.1) is 6.92 Å². The molecule has 1 saturated heterocycles. The number of hydrogen-bond acceptors (Lipinski definition) is 4. The fraction of sp³-hybridized carbons (Fsp3) is 0.364. The van der Waals surface area contributed by atoms with Gasteiger partial charge in [0.15, 0.2) is 0 Å². The van der Waals surface area contributed by atoms with Gasteiger partial charge in [0.05, 0.1) is 18.8 Å². The van der Waals surface area contributed by atoms with Gasteiger partial charge >= 0.3 is 6.18 Å². The summed E-state index contributed by atoms with van der Waals surface area (Å²) >= 11 is 0. The minimum Gasteiger partial charge on any atom is -0.492 e. The van der Waals surface area contributed by atoms with Gasteiger partial charge < -0.3 is 15.0 Å². The summed E-state index contributed by atoms with van der Waals surface area (Å²) in [5.74, 6) is -0.419. The quantitative estimate of drug-likeness (QED) is 0.656. The molecule has 6 nitrogen and oxygen atoms in total. The second kappa shape index (κ2) is 9.82. The van der Waals surface area contributed by atoms with Gasteiger partial charge in [0.2, 0.25) is 11.8 Å². The fourth-order valence-corrected chi connectivity index (χ4v) is 3.21. The summed E-state index contributed by atoms with van der Waals surface area (Å²) < 4.78 is 43.4. The zero-order chi connectivity index (χ0) is 22.4. The third-order valence-electron chi connectivity index (χ3n) is 4.93. The number of amides is 2. The molecular weight excluding hydrogens is 411 g/mol. The van der Waals surface area contributed by atoms with E-state index in [4.69, 9.17) is 4.74 Å². The normalized spacial score (nSPS) is 16.8. The topological polar surface area (TPSA) is 70.7 Å². The van der Waals surface area contributed by atoms with Crippen molar-refractivity contribution in [1.82, 2.24) is 15.5 Å². The Labute approximate surface area is 178 Å². The van der Waals surface area contributed by atoms with Crippen LogP contribution < -0.4 is 15.4 Å². The van der Waals surface area contributed by atoms with Gasteiger partial charge in [0.25, 0.3) is 0 Å². The zero-order valence-electron chi connectivity index (χ0n) is 17.0. The number of carbonyl (C=O) groups is 2. The van der Waals surface area contributed by atoms with Crippen LogP contribution in [-0.4, -0.2) is 43.1 Å². The van der Waals surface area contributed by atoms with Crippen molar-refractivity contribution in [2.45, 2.75) is 25.6 Å². The van der Waals surface area contributed by atoms with Crippen LogP contribution in [-0.2, 0) is 15.8 Å². The van der Waals surface area contributed by atoms with E-state index in [1.54, 1.807) is 0 Å². The molecule has 1 atom stereocenters. The molecule has 0 aliphatic carbocycles. The monoisotopic (exact) mass is 435 g/mol. The highest BCUT2D eigenvalue weighted by molar-refractivity contribution is 5.85. The second-order valence-electron chi connectivity index (χ2n) is 7.35. The lowest BCUT2D eigenvalue weighted by Gasteiger charge is -2.32. The Kier molecular flexibility index (Phi) is 7.17. The number of hydrogen-bond donors (Lipinski definition) is 2. The lowest BCUT2D eigenvalue weighted by Crippen LogP contribution is -2.50. The van der Waals surface area contributed by atoms with Crippen LogP contribution in [0.15, 0.2) is 48.5 Å². The van der Waals surface area contributed by atoms with E-state index in [0.29, 0.717) is 0 Å². The van der Waals surface area contributed by atoms with Gasteiger partial charge in [-0.2, -0.15) is 13.2 Å². The summed E-state index contributed by atoms with van der Waals surface area (Å²) in [5, 5.41) is 5.86. The van der Waals surface area contributed by atoms with E-state index in [-0.39, 0.29) is 56.4 Å². The van der Waals surface area contributed by atoms with Gasteiger partial charge in [-0.15, -0.1) is 0 Å². The van der Waals surface area contributed by atoms with Gasteiger partial charge in [-0.25, -0.2) is 0 Å². The summed E-state index contributed by atoms with van der Waals surface area (Å²) in [4.78, 5) is 25.9. The van der Waals surface area contributed by atoms with E-state index in [2.05, 4.69) is 10.6 Å². The van der Waals surface area contributed by atoms with E-state index >= 15 is 0 Å². The van der Waals surface area contributed by atoms with E-state index in [1.165, 1.54) is 17.0 Å². The number of aryl methyl sites for hydroxylation is 1. The molecule has 2 N–H and O–H groups in total. The standard InChI is InChI=1S/C22H24F3N3O3/c1-15-5-7-16(8-6-15)19-12-21(30)28(14-27-19)13-20(29)26-9-10-31-18-4-2-3-17(11-18)22(23,24)25/h2-8,11,19,27H,9-10,12-14H2,1H3,(H,26,29). The van der Waals surface area contributed by atoms with Crippen LogP contribution in [0.25, 0.3) is 0 Å². The van der Waals surface area contributed by atoms with Crippen molar-refractivity contribution < 1.29 is 27.5 Å². The highest BCUT2D eigenvalue weighted by Gasteiger charge is 2.30. The maximum absolute atomic E-state index is 12.7. The van der Waals surface area contributed by atoms with E-state index < -0.39 is 11.7 Å². The Bertz CT molecular complexity index is 916. The predicted octanol–water partition coefficient (Wildman–Crippen LogP) is 3.03. The minimum absolute atomic E-state index is 0.00868. The third kappa shape index (κ3) is 6.45. The van der Waals surface area contributed by atoms with Crippen molar-refractivity contribution in [3.05, 3.63) is 65.2 Å². The number of halogens is 3. The van der Waals surface area contributed by atoms with Gasteiger partial charge in [0.1, 0.15) is 18.9 Å². The molecular formula is C22H24F3N3O3. The molecule has 1 fully saturated rings. The van der Waals surface area contributed by atoms with E-state index in [9.17, 15) is 22.8 Å². The molecule has 2 aromatic carbocycles.